The van der Waals surface area contributed by atoms with Crippen LogP contribution in [-0.4, -0.2) is 36.1 Å². The molecule has 0 radical (unpaired) electrons. The average Bonchev–Trinajstić information content (AvgIpc) is 3.21. The molecule has 6 heteroatoms. The third-order valence-electron chi connectivity index (χ3n) is 5.19. The highest BCUT2D eigenvalue weighted by molar-refractivity contribution is 7.09. The number of thiazole rings is 1. The van der Waals surface area contributed by atoms with Gasteiger partial charge in [-0.15, -0.1) is 11.3 Å². The van der Waals surface area contributed by atoms with Crippen molar-refractivity contribution in [1.29, 1.82) is 0 Å². The lowest BCUT2D eigenvalue weighted by molar-refractivity contribution is 0.0721. The predicted molar refractivity (Wildman–Crippen MR) is 125 cm³/mol. The Labute approximate surface area is 188 Å². The van der Waals surface area contributed by atoms with Gasteiger partial charge in [0.05, 0.1) is 12.2 Å². The van der Waals surface area contributed by atoms with Crippen LogP contribution in [-0.2, 0) is 17.9 Å². The molecule has 0 fully saturated rings. The van der Waals surface area contributed by atoms with Crippen LogP contribution in [0.25, 0.3) is 0 Å². The summed E-state index contributed by atoms with van der Waals surface area (Å²) in [6.45, 7) is 8.26. The maximum absolute atomic E-state index is 13.1. The van der Waals surface area contributed by atoms with Crippen LogP contribution < -0.4 is 4.74 Å². The van der Waals surface area contributed by atoms with Crippen molar-refractivity contribution in [3.8, 4) is 5.75 Å². The van der Waals surface area contributed by atoms with Gasteiger partial charge in [-0.3, -0.25) is 4.79 Å². The minimum Gasteiger partial charge on any atom is -0.486 e. The van der Waals surface area contributed by atoms with Gasteiger partial charge in [-0.05, 0) is 56.5 Å². The number of aryl methyl sites for hydroxylation is 2. The number of ether oxygens (including phenoxy) is 2. The molecule has 31 heavy (non-hydrogen) atoms. The van der Waals surface area contributed by atoms with Crippen LogP contribution in [0, 0.1) is 20.8 Å². The number of carbonyl (C=O) groups excluding carboxylic acids is 1. The van der Waals surface area contributed by atoms with Crippen molar-refractivity contribution in [2.45, 2.75) is 40.3 Å². The molecule has 0 unspecified atom stereocenters. The molecule has 5 nitrogen and oxygen atoms in total. The predicted octanol–water partition coefficient (Wildman–Crippen LogP) is 5.33. The van der Waals surface area contributed by atoms with Gasteiger partial charge in [-0.1, -0.05) is 29.8 Å². The van der Waals surface area contributed by atoms with E-state index >= 15 is 0 Å². The first-order chi connectivity index (χ1) is 15.0. The van der Waals surface area contributed by atoms with E-state index in [9.17, 15) is 4.79 Å². The molecule has 0 atom stereocenters. The van der Waals surface area contributed by atoms with Crippen LogP contribution in [0.2, 0.25) is 0 Å². The number of methoxy groups -OCH3 is 1. The summed E-state index contributed by atoms with van der Waals surface area (Å²) in [7, 11) is 1.68. The van der Waals surface area contributed by atoms with Gasteiger partial charge in [0, 0.05) is 31.2 Å². The minimum atomic E-state index is 0.0148. The first-order valence-corrected chi connectivity index (χ1v) is 11.3. The zero-order valence-electron chi connectivity index (χ0n) is 18.7. The number of hydrogen-bond donors (Lipinski definition) is 0. The Balaban J connectivity index is 1.67. The van der Waals surface area contributed by atoms with E-state index in [-0.39, 0.29) is 5.91 Å². The van der Waals surface area contributed by atoms with Gasteiger partial charge in [-0.2, -0.15) is 0 Å². The maximum atomic E-state index is 13.1. The van der Waals surface area contributed by atoms with E-state index in [0.29, 0.717) is 31.9 Å². The van der Waals surface area contributed by atoms with E-state index in [4.69, 9.17) is 14.5 Å². The Morgan fingerprint density at radius 3 is 2.71 bits per heavy atom. The Hall–Kier alpha value is -2.70. The van der Waals surface area contributed by atoms with Gasteiger partial charge in [-0.25, -0.2) is 4.98 Å². The number of hydrogen-bond acceptors (Lipinski definition) is 5. The Morgan fingerprint density at radius 2 is 1.94 bits per heavy atom. The molecule has 0 saturated heterocycles. The molecule has 1 heterocycles. The molecule has 0 saturated carbocycles. The number of benzene rings is 2. The number of aromatic nitrogens is 1. The fourth-order valence-electron chi connectivity index (χ4n) is 3.32. The zero-order chi connectivity index (χ0) is 22.2. The number of rotatable bonds is 10. The van der Waals surface area contributed by atoms with Gasteiger partial charge < -0.3 is 14.4 Å². The first kappa shape index (κ1) is 23.0. The Kier molecular flexibility index (Phi) is 8.20. The highest BCUT2D eigenvalue weighted by Crippen LogP contribution is 2.23. The van der Waals surface area contributed by atoms with Crippen LogP contribution >= 0.6 is 11.3 Å². The van der Waals surface area contributed by atoms with Gasteiger partial charge in [0.2, 0.25) is 0 Å². The molecule has 3 aromatic rings. The second-order valence-electron chi connectivity index (χ2n) is 7.66. The molecule has 164 valence electrons. The van der Waals surface area contributed by atoms with Crippen LogP contribution in [0.1, 0.15) is 44.2 Å². The van der Waals surface area contributed by atoms with Crippen molar-refractivity contribution in [2.75, 3.05) is 20.3 Å². The summed E-state index contributed by atoms with van der Waals surface area (Å²) in [5, 5.41) is 2.91. The topological polar surface area (TPSA) is 51.7 Å². The molecule has 0 aliphatic carbocycles. The lowest BCUT2D eigenvalue weighted by Gasteiger charge is -2.22. The Bertz CT molecular complexity index is 1020. The quantitative estimate of drug-likeness (QED) is 0.402. The van der Waals surface area contributed by atoms with E-state index in [1.165, 1.54) is 5.56 Å². The summed E-state index contributed by atoms with van der Waals surface area (Å²) in [5.41, 5.74) is 5.00. The fourth-order valence-corrected chi connectivity index (χ4v) is 4.01. The standard InChI is InChI=1S/C25H30N2O3S/c1-18-8-5-10-21(14-18)25(28)27(12-7-13-29-4)15-22-17-31-24(26-22)16-30-23-11-6-9-19(2)20(23)3/h5-6,8-11,14,17H,7,12-13,15-16H2,1-4H3. The normalized spacial score (nSPS) is 10.8. The van der Waals surface area contributed by atoms with E-state index in [2.05, 4.69) is 19.9 Å². The van der Waals surface area contributed by atoms with Gasteiger partial charge in [0.25, 0.3) is 5.91 Å². The van der Waals surface area contributed by atoms with Crippen molar-refractivity contribution in [2.24, 2.45) is 0 Å². The number of amides is 1. The molecular formula is C25H30N2O3S. The van der Waals surface area contributed by atoms with Gasteiger partial charge in [0.1, 0.15) is 17.4 Å². The summed E-state index contributed by atoms with van der Waals surface area (Å²) in [4.78, 5) is 19.7. The fraction of sp³-hybridized carbons (Fsp3) is 0.360. The zero-order valence-corrected chi connectivity index (χ0v) is 19.5. The van der Waals surface area contributed by atoms with Crippen molar-refractivity contribution < 1.29 is 14.3 Å². The van der Waals surface area contributed by atoms with Crippen molar-refractivity contribution >= 4 is 17.2 Å². The van der Waals surface area contributed by atoms with Gasteiger partial charge >= 0.3 is 0 Å². The van der Waals surface area contributed by atoms with E-state index in [1.54, 1.807) is 18.4 Å². The largest absolute Gasteiger partial charge is 0.486 e. The van der Waals surface area contributed by atoms with Gasteiger partial charge in [0.15, 0.2) is 0 Å². The maximum Gasteiger partial charge on any atom is 0.254 e. The SMILES string of the molecule is COCCCN(Cc1csc(COc2cccc(C)c2C)n1)C(=O)c1cccc(C)c1. The summed E-state index contributed by atoms with van der Waals surface area (Å²) < 4.78 is 11.2. The van der Waals surface area contributed by atoms with E-state index in [1.807, 2.05) is 53.6 Å². The lowest BCUT2D eigenvalue weighted by atomic mass is 10.1. The molecule has 0 N–H and O–H groups in total. The second kappa shape index (κ2) is 11.1. The molecule has 2 aromatic carbocycles. The van der Waals surface area contributed by atoms with E-state index < -0.39 is 0 Å². The molecular weight excluding hydrogens is 408 g/mol. The monoisotopic (exact) mass is 438 g/mol. The third-order valence-corrected chi connectivity index (χ3v) is 6.06. The molecule has 0 aliphatic heterocycles. The molecule has 3 rings (SSSR count). The van der Waals surface area contributed by atoms with Crippen LogP contribution in [0.5, 0.6) is 5.75 Å². The summed E-state index contributed by atoms with van der Waals surface area (Å²) in [6, 6.07) is 13.8. The highest BCUT2D eigenvalue weighted by atomic mass is 32.1. The summed E-state index contributed by atoms with van der Waals surface area (Å²) in [5.74, 6) is 0.897. The lowest BCUT2D eigenvalue weighted by Crippen LogP contribution is -2.32. The minimum absolute atomic E-state index is 0.0148. The molecule has 1 amide bonds. The average molecular weight is 439 g/mol. The first-order valence-electron chi connectivity index (χ1n) is 10.4. The van der Waals surface area contributed by atoms with Crippen molar-refractivity contribution in [1.82, 2.24) is 9.88 Å². The highest BCUT2D eigenvalue weighted by Gasteiger charge is 2.18. The van der Waals surface area contributed by atoms with E-state index in [0.717, 1.165) is 34.0 Å². The molecule has 1 aromatic heterocycles. The smallest absolute Gasteiger partial charge is 0.254 e. The van der Waals surface area contributed by atoms with Crippen LogP contribution in [0.4, 0.5) is 0 Å². The third kappa shape index (κ3) is 6.39. The summed E-state index contributed by atoms with van der Waals surface area (Å²) in [6.07, 6.45) is 0.779. The molecule has 0 aliphatic rings. The number of nitrogens with zero attached hydrogens (tertiary/aromatic N) is 2. The van der Waals surface area contributed by atoms with Crippen molar-refractivity contribution in [3.63, 3.8) is 0 Å². The molecule has 0 bridgehead atoms. The number of carbonyl (C=O) groups is 1. The van der Waals surface area contributed by atoms with Crippen LogP contribution in [0.3, 0.4) is 0 Å². The Morgan fingerprint density at radius 1 is 1.13 bits per heavy atom. The van der Waals surface area contributed by atoms with Crippen molar-refractivity contribution in [3.05, 3.63) is 80.8 Å². The second-order valence-corrected chi connectivity index (χ2v) is 8.60. The molecule has 0 spiro atoms. The van der Waals surface area contributed by atoms with Crippen LogP contribution in [0.15, 0.2) is 47.8 Å². The summed E-state index contributed by atoms with van der Waals surface area (Å²) >= 11 is 1.56.